The van der Waals surface area contributed by atoms with Gasteiger partial charge in [-0.25, -0.2) is 0 Å². The van der Waals surface area contributed by atoms with Gasteiger partial charge in [-0.1, -0.05) is 6.07 Å². The Balaban J connectivity index is 3.47. The third-order valence-corrected chi connectivity index (χ3v) is 4.18. The molecule has 1 amide bonds. The zero-order valence-corrected chi connectivity index (χ0v) is 15.8. The minimum absolute atomic E-state index is 0.308. The van der Waals surface area contributed by atoms with E-state index >= 15 is 0 Å². The van der Waals surface area contributed by atoms with Crippen LogP contribution in [0.1, 0.15) is 5.56 Å². The van der Waals surface area contributed by atoms with Gasteiger partial charge in [0, 0.05) is 18.9 Å². The van der Waals surface area contributed by atoms with Crippen LogP contribution < -0.4 is 5.32 Å². The molecule has 1 heterocycles. The number of halogens is 17. The van der Waals surface area contributed by atoms with Crippen LogP contribution in [-0.4, -0.2) is 58.5 Å². The van der Waals surface area contributed by atoms with Gasteiger partial charge in [-0.05, 0) is 11.6 Å². The van der Waals surface area contributed by atoms with Gasteiger partial charge in [-0.2, -0.15) is 74.6 Å². The normalized spacial score (nSPS) is 15.2. The van der Waals surface area contributed by atoms with Crippen LogP contribution in [0.4, 0.5) is 74.6 Å². The zero-order chi connectivity index (χ0) is 28.1. The summed E-state index contributed by atoms with van der Waals surface area (Å²) in [5.74, 6) is -61.6. The first kappa shape index (κ1) is 30.5. The summed E-state index contributed by atoms with van der Waals surface area (Å²) >= 11 is 0. The Labute approximate surface area is 181 Å². The maximum Gasteiger partial charge on any atom is 0.460 e. The van der Waals surface area contributed by atoms with Crippen molar-refractivity contribution in [2.24, 2.45) is 0 Å². The summed E-state index contributed by atoms with van der Waals surface area (Å²) in [5, 5.41) is 0.790. The first-order chi connectivity index (χ1) is 15.2. The molecule has 3 nitrogen and oxygen atoms in total. The average molecular weight is 554 g/mol. The SMILES string of the molecule is O=C(NCc1cccnc1)C(F)(F)C(F)(F)C(F)(F)C(F)(F)C(F)(F)C(F)(F)C(F)(F)C(F)(F)F. The van der Waals surface area contributed by atoms with Crippen molar-refractivity contribution >= 4 is 5.91 Å². The first-order valence-electron chi connectivity index (χ1n) is 8.13. The number of alkyl halides is 17. The summed E-state index contributed by atoms with van der Waals surface area (Å²) in [6, 6.07) is 2.01. The number of nitrogens with zero attached hydrogens (tertiary/aromatic N) is 1. The van der Waals surface area contributed by atoms with Crippen molar-refractivity contribution in [2.45, 2.75) is 54.2 Å². The molecule has 0 fully saturated rings. The van der Waals surface area contributed by atoms with Crippen LogP contribution in [0, 0.1) is 0 Å². The molecule has 0 aromatic carbocycles. The monoisotopic (exact) mass is 554 g/mol. The summed E-state index contributed by atoms with van der Waals surface area (Å²) in [5.41, 5.74) is -0.308. The Morgan fingerprint density at radius 2 is 1.06 bits per heavy atom. The maximum atomic E-state index is 13.7. The van der Waals surface area contributed by atoms with Crippen LogP contribution in [0.25, 0.3) is 0 Å². The van der Waals surface area contributed by atoms with Gasteiger partial charge in [0.1, 0.15) is 0 Å². The van der Waals surface area contributed by atoms with E-state index in [-0.39, 0.29) is 5.56 Å². The molecule has 0 radical (unpaired) electrons. The Bertz CT molecular complexity index is 910. The van der Waals surface area contributed by atoms with E-state index < -0.39 is 60.1 Å². The number of rotatable bonds is 9. The second-order valence-electron chi connectivity index (χ2n) is 6.56. The van der Waals surface area contributed by atoms with Gasteiger partial charge in [-0.3, -0.25) is 9.78 Å². The lowest BCUT2D eigenvalue weighted by Gasteiger charge is -2.42. The molecule has 0 saturated heterocycles. The molecule has 0 bridgehead atoms. The first-order valence-corrected chi connectivity index (χ1v) is 8.13. The van der Waals surface area contributed by atoms with Crippen LogP contribution in [0.5, 0.6) is 0 Å². The number of aromatic nitrogens is 1. The Hall–Kier alpha value is -2.57. The number of hydrogen-bond donors (Lipinski definition) is 1. The molecular weight excluding hydrogens is 547 g/mol. The highest BCUT2D eigenvalue weighted by Gasteiger charge is 2.95. The fraction of sp³-hybridized carbons (Fsp3) is 0.600. The van der Waals surface area contributed by atoms with Crippen LogP contribution in [0.15, 0.2) is 24.5 Å². The Morgan fingerprint density at radius 3 is 1.43 bits per heavy atom. The quantitative estimate of drug-likeness (QED) is 0.398. The van der Waals surface area contributed by atoms with Gasteiger partial charge < -0.3 is 5.32 Å². The summed E-state index contributed by atoms with van der Waals surface area (Å²) in [6.07, 6.45) is -6.01. The predicted octanol–water partition coefficient (Wildman–Crippen LogP) is 5.71. The predicted molar refractivity (Wildman–Crippen MR) is 76.8 cm³/mol. The van der Waals surface area contributed by atoms with Crippen molar-refractivity contribution in [3.63, 3.8) is 0 Å². The maximum absolute atomic E-state index is 13.7. The van der Waals surface area contributed by atoms with E-state index in [0.29, 0.717) is 0 Å². The average Bonchev–Trinajstić information content (AvgIpc) is 2.70. The summed E-state index contributed by atoms with van der Waals surface area (Å²) in [6.45, 7) is -1.24. The Kier molecular flexibility index (Phi) is 7.42. The van der Waals surface area contributed by atoms with Crippen molar-refractivity contribution in [2.75, 3.05) is 0 Å². The fourth-order valence-electron chi connectivity index (χ4n) is 2.10. The summed E-state index contributed by atoms with van der Waals surface area (Å²) in [7, 11) is 0. The number of carbonyl (C=O) groups is 1. The van der Waals surface area contributed by atoms with Crippen LogP contribution in [0.2, 0.25) is 0 Å². The fourth-order valence-corrected chi connectivity index (χ4v) is 2.10. The van der Waals surface area contributed by atoms with E-state index in [9.17, 15) is 79.4 Å². The van der Waals surface area contributed by atoms with E-state index in [1.165, 1.54) is 0 Å². The molecule has 1 rings (SSSR count). The number of nitrogens with one attached hydrogen (secondary N) is 1. The molecule has 0 aliphatic carbocycles. The molecule has 1 aromatic rings. The summed E-state index contributed by atoms with van der Waals surface area (Å²) in [4.78, 5) is 14.6. The van der Waals surface area contributed by atoms with E-state index in [2.05, 4.69) is 4.98 Å². The molecule has 0 saturated carbocycles. The van der Waals surface area contributed by atoms with Crippen molar-refractivity contribution in [1.29, 1.82) is 0 Å². The van der Waals surface area contributed by atoms with Gasteiger partial charge >= 0.3 is 47.6 Å². The minimum atomic E-state index is -8.74. The molecular formula is C15H7F17N2O. The van der Waals surface area contributed by atoms with Crippen molar-refractivity contribution in [3.05, 3.63) is 30.1 Å². The molecule has 1 N–H and O–H groups in total. The van der Waals surface area contributed by atoms with Crippen LogP contribution >= 0.6 is 0 Å². The molecule has 0 spiro atoms. The highest BCUT2D eigenvalue weighted by Crippen LogP contribution is 2.63. The molecule has 1 aromatic heterocycles. The standard InChI is InChI=1S/C15H7F17N2O/c16-8(17,7(35)34-5-6-2-1-3-33-4-6)9(18,19)10(20,21)11(22,23)12(24,25)13(26,27)14(28,29)15(30,31)32/h1-4H,5H2,(H,34,35). The van der Waals surface area contributed by atoms with Crippen LogP contribution in [0.3, 0.4) is 0 Å². The number of pyridine rings is 1. The summed E-state index contributed by atoms with van der Waals surface area (Å²) < 4.78 is 223. The lowest BCUT2D eigenvalue weighted by molar-refractivity contribution is -0.459. The third kappa shape index (κ3) is 4.31. The number of amides is 1. The smallest absolute Gasteiger partial charge is 0.347 e. The highest BCUT2D eigenvalue weighted by atomic mass is 19.4. The van der Waals surface area contributed by atoms with E-state index in [1.807, 2.05) is 0 Å². The number of carbonyl (C=O) groups excluding carboxylic acids is 1. The topological polar surface area (TPSA) is 42.0 Å². The lowest BCUT2D eigenvalue weighted by Crippen LogP contribution is -2.75. The molecule has 0 atom stereocenters. The third-order valence-electron chi connectivity index (χ3n) is 4.18. The molecule has 0 unspecified atom stereocenters. The van der Waals surface area contributed by atoms with Gasteiger partial charge in [-0.15, -0.1) is 0 Å². The lowest BCUT2D eigenvalue weighted by atomic mass is 9.89. The van der Waals surface area contributed by atoms with Gasteiger partial charge in [0.25, 0.3) is 5.91 Å². The highest BCUT2D eigenvalue weighted by molar-refractivity contribution is 5.84. The van der Waals surface area contributed by atoms with E-state index in [1.54, 1.807) is 0 Å². The van der Waals surface area contributed by atoms with Crippen molar-refractivity contribution < 1.29 is 79.4 Å². The second-order valence-corrected chi connectivity index (χ2v) is 6.56. The van der Waals surface area contributed by atoms with Gasteiger partial charge in [0.15, 0.2) is 0 Å². The largest absolute Gasteiger partial charge is 0.460 e. The molecule has 202 valence electrons. The number of hydrogen-bond acceptors (Lipinski definition) is 2. The molecule has 0 aliphatic heterocycles. The minimum Gasteiger partial charge on any atom is -0.347 e. The van der Waals surface area contributed by atoms with E-state index in [0.717, 1.165) is 29.8 Å². The van der Waals surface area contributed by atoms with Gasteiger partial charge in [0.2, 0.25) is 0 Å². The molecule has 35 heavy (non-hydrogen) atoms. The second kappa shape index (κ2) is 8.52. The molecule has 0 aliphatic rings. The molecule has 20 heteroatoms. The van der Waals surface area contributed by atoms with Crippen LogP contribution in [-0.2, 0) is 11.3 Å². The Morgan fingerprint density at radius 1 is 0.657 bits per heavy atom. The van der Waals surface area contributed by atoms with Gasteiger partial charge in [0.05, 0.1) is 0 Å². The van der Waals surface area contributed by atoms with Crippen molar-refractivity contribution in [3.8, 4) is 0 Å². The zero-order valence-electron chi connectivity index (χ0n) is 15.8. The van der Waals surface area contributed by atoms with E-state index in [4.69, 9.17) is 0 Å². The van der Waals surface area contributed by atoms with Crippen molar-refractivity contribution in [1.82, 2.24) is 10.3 Å².